The van der Waals surface area contributed by atoms with Crippen molar-refractivity contribution >= 4 is 54.8 Å². The molecule has 4 heterocycles. The highest BCUT2D eigenvalue weighted by Gasteiger charge is 2.19. The van der Waals surface area contributed by atoms with E-state index in [0.29, 0.717) is 0 Å². The van der Waals surface area contributed by atoms with Crippen molar-refractivity contribution in [3.63, 3.8) is 0 Å². The predicted octanol–water partition coefficient (Wildman–Crippen LogP) is 9.08. The molecule has 0 aliphatic heterocycles. The number of nitrogens with zero attached hydrogens (tertiary/aromatic N) is 4. The van der Waals surface area contributed by atoms with Gasteiger partial charge in [0.25, 0.3) is 0 Å². The van der Waals surface area contributed by atoms with Gasteiger partial charge in [-0.2, -0.15) is 0 Å². The third-order valence-corrected chi connectivity index (χ3v) is 8.03. The first kappa shape index (κ1) is 22.2. The number of aromatic nitrogens is 4. The van der Waals surface area contributed by atoms with Crippen molar-refractivity contribution < 1.29 is 4.42 Å². The fourth-order valence-corrected chi connectivity index (χ4v) is 6.23. The van der Waals surface area contributed by atoms with Gasteiger partial charge in [0, 0.05) is 45.5 Å². The van der Waals surface area contributed by atoms with Crippen LogP contribution in [0.4, 0.5) is 0 Å². The highest BCUT2D eigenvalue weighted by atomic mass is 16.3. The second-order valence-corrected chi connectivity index (χ2v) is 10.3. The molecule has 0 saturated carbocycles. The minimum absolute atomic E-state index is 0.852. The first-order valence-corrected chi connectivity index (χ1v) is 13.7. The molecule has 0 spiro atoms. The normalized spacial score (nSPS) is 11.9. The number of benzene rings is 5. The van der Waals surface area contributed by atoms with Crippen LogP contribution in [0.25, 0.3) is 77.5 Å². The standard InChI is InChI=1S/C36H22N4O/c1-2-8-24(9-3-1)40-31-13-7-5-11-29(31)38-36(40)23-14-16-25(17-15-23)39-30-12-6-4-10-27(30)34-32(39)19-18-26-28-22-37-21-20-33(28)41-35(26)34/h1-22H. The molecule has 192 valence electrons. The number of imidazole rings is 1. The van der Waals surface area contributed by atoms with Gasteiger partial charge in [-0.25, -0.2) is 4.98 Å². The molecule has 9 rings (SSSR count). The lowest BCUT2D eigenvalue weighted by molar-refractivity contribution is 0.672. The molecule has 0 aliphatic carbocycles. The van der Waals surface area contributed by atoms with Gasteiger partial charge in [-0.05, 0) is 72.8 Å². The van der Waals surface area contributed by atoms with E-state index in [-0.39, 0.29) is 0 Å². The molecule has 9 aromatic rings. The maximum absolute atomic E-state index is 6.42. The van der Waals surface area contributed by atoms with E-state index in [2.05, 4.69) is 117 Å². The second kappa shape index (κ2) is 8.41. The van der Waals surface area contributed by atoms with Crippen molar-refractivity contribution in [2.24, 2.45) is 0 Å². The lowest BCUT2D eigenvalue weighted by Gasteiger charge is -2.11. The summed E-state index contributed by atoms with van der Waals surface area (Å²) in [6, 6.07) is 42.2. The quantitative estimate of drug-likeness (QED) is 0.231. The number of rotatable bonds is 3. The van der Waals surface area contributed by atoms with E-state index >= 15 is 0 Å². The zero-order valence-electron chi connectivity index (χ0n) is 21.9. The van der Waals surface area contributed by atoms with E-state index in [4.69, 9.17) is 9.40 Å². The van der Waals surface area contributed by atoms with Gasteiger partial charge in [-0.15, -0.1) is 0 Å². The minimum atomic E-state index is 0.852. The Bertz CT molecular complexity index is 2410. The van der Waals surface area contributed by atoms with Crippen LogP contribution in [0.1, 0.15) is 0 Å². The van der Waals surface area contributed by atoms with Gasteiger partial charge in [0.05, 0.1) is 27.5 Å². The highest BCUT2D eigenvalue weighted by molar-refractivity contribution is 6.23. The Hall–Kier alpha value is -5.68. The fourth-order valence-electron chi connectivity index (χ4n) is 6.23. The third kappa shape index (κ3) is 3.17. The van der Waals surface area contributed by atoms with Gasteiger partial charge in [0.1, 0.15) is 17.0 Å². The average Bonchev–Trinajstić information content (AvgIpc) is 3.71. The Morgan fingerprint density at radius 3 is 2.17 bits per heavy atom. The third-order valence-electron chi connectivity index (χ3n) is 8.03. The zero-order chi connectivity index (χ0) is 26.9. The Morgan fingerprint density at radius 2 is 1.29 bits per heavy atom. The van der Waals surface area contributed by atoms with Crippen LogP contribution in [-0.4, -0.2) is 19.1 Å². The van der Waals surface area contributed by atoms with Gasteiger partial charge in [-0.3, -0.25) is 9.55 Å². The number of furan rings is 1. The van der Waals surface area contributed by atoms with E-state index in [1.54, 1.807) is 6.20 Å². The van der Waals surface area contributed by atoms with Crippen molar-refractivity contribution in [2.75, 3.05) is 0 Å². The number of fused-ring (bicyclic) bond motifs is 8. The maximum Gasteiger partial charge on any atom is 0.145 e. The van der Waals surface area contributed by atoms with Gasteiger partial charge >= 0.3 is 0 Å². The van der Waals surface area contributed by atoms with Crippen LogP contribution in [0.5, 0.6) is 0 Å². The molecule has 0 N–H and O–H groups in total. The monoisotopic (exact) mass is 526 g/mol. The van der Waals surface area contributed by atoms with Crippen molar-refractivity contribution in [1.82, 2.24) is 19.1 Å². The summed E-state index contributed by atoms with van der Waals surface area (Å²) in [6.45, 7) is 0. The van der Waals surface area contributed by atoms with E-state index < -0.39 is 0 Å². The Morgan fingerprint density at radius 1 is 0.537 bits per heavy atom. The van der Waals surface area contributed by atoms with E-state index in [0.717, 1.165) is 77.5 Å². The summed E-state index contributed by atoms with van der Waals surface area (Å²) < 4.78 is 11.0. The second-order valence-electron chi connectivity index (χ2n) is 10.3. The molecule has 41 heavy (non-hydrogen) atoms. The largest absolute Gasteiger partial charge is 0.455 e. The molecule has 0 saturated heterocycles. The Labute approximate surface area is 234 Å². The van der Waals surface area contributed by atoms with Crippen LogP contribution in [0.3, 0.4) is 0 Å². The molecule has 0 fully saturated rings. The van der Waals surface area contributed by atoms with Gasteiger partial charge in [-0.1, -0.05) is 48.5 Å². The van der Waals surface area contributed by atoms with Crippen LogP contribution >= 0.6 is 0 Å². The molecule has 5 aromatic carbocycles. The molecule has 5 nitrogen and oxygen atoms in total. The van der Waals surface area contributed by atoms with Crippen molar-refractivity contribution in [3.05, 3.63) is 134 Å². The highest BCUT2D eigenvalue weighted by Crippen LogP contribution is 2.40. The summed E-state index contributed by atoms with van der Waals surface area (Å²) in [5.41, 5.74) is 9.29. The number of hydrogen-bond donors (Lipinski definition) is 0. The topological polar surface area (TPSA) is 48.8 Å². The van der Waals surface area contributed by atoms with Gasteiger partial charge in [0.15, 0.2) is 0 Å². The molecule has 0 unspecified atom stereocenters. The fraction of sp³-hybridized carbons (Fsp3) is 0. The molecule has 0 amide bonds. The van der Waals surface area contributed by atoms with Crippen LogP contribution in [-0.2, 0) is 0 Å². The number of pyridine rings is 1. The van der Waals surface area contributed by atoms with Gasteiger partial charge in [0.2, 0.25) is 0 Å². The average molecular weight is 527 g/mol. The first-order chi connectivity index (χ1) is 20.3. The minimum Gasteiger partial charge on any atom is -0.455 e. The summed E-state index contributed by atoms with van der Waals surface area (Å²) in [6.07, 6.45) is 3.66. The summed E-state index contributed by atoms with van der Waals surface area (Å²) in [4.78, 5) is 9.38. The van der Waals surface area contributed by atoms with Crippen molar-refractivity contribution in [3.8, 4) is 22.8 Å². The van der Waals surface area contributed by atoms with Crippen molar-refractivity contribution in [1.29, 1.82) is 0 Å². The SMILES string of the molecule is c1ccc(-n2c(-c3ccc(-n4c5ccccc5c5c6oc7ccncc7c6ccc54)cc3)nc3ccccc32)cc1. The van der Waals surface area contributed by atoms with E-state index in [9.17, 15) is 0 Å². The van der Waals surface area contributed by atoms with Gasteiger partial charge < -0.3 is 8.98 Å². The lowest BCUT2D eigenvalue weighted by atomic mass is 10.1. The summed E-state index contributed by atoms with van der Waals surface area (Å²) in [5, 5.41) is 4.39. The summed E-state index contributed by atoms with van der Waals surface area (Å²) in [5.74, 6) is 0.920. The van der Waals surface area contributed by atoms with E-state index in [1.165, 1.54) is 0 Å². The first-order valence-electron chi connectivity index (χ1n) is 13.7. The summed E-state index contributed by atoms with van der Waals surface area (Å²) >= 11 is 0. The van der Waals surface area contributed by atoms with Crippen LogP contribution in [0, 0.1) is 0 Å². The Balaban J connectivity index is 1.26. The lowest BCUT2D eigenvalue weighted by Crippen LogP contribution is -1.98. The smallest absolute Gasteiger partial charge is 0.145 e. The predicted molar refractivity (Wildman–Crippen MR) is 166 cm³/mol. The maximum atomic E-state index is 6.42. The molecular formula is C36H22N4O. The zero-order valence-corrected chi connectivity index (χ0v) is 21.9. The number of hydrogen-bond acceptors (Lipinski definition) is 3. The molecule has 5 heteroatoms. The molecule has 4 aromatic heterocycles. The number of para-hydroxylation sites is 4. The molecule has 0 bridgehead atoms. The summed E-state index contributed by atoms with van der Waals surface area (Å²) in [7, 11) is 0. The molecule has 0 aliphatic rings. The van der Waals surface area contributed by atoms with Crippen molar-refractivity contribution in [2.45, 2.75) is 0 Å². The Kier molecular flexibility index (Phi) is 4.55. The molecule has 0 atom stereocenters. The van der Waals surface area contributed by atoms with Crippen LogP contribution in [0.2, 0.25) is 0 Å². The van der Waals surface area contributed by atoms with E-state index in [1.807, 2.05) is 24.4 Å². The van der Waals surface area contributed by atoms with Crippen LogP contribution < -0.4 is 0 Å². The molecule has 0 radical (unpaired) electrons. The van der Waals surface area contributed by atoms with Crippen LogP contribution in [0.15, 0.2) is 138 Å². The molecular weight excluding hydrogens is 504 g/mol.